The van der Waals surface area contributed by atoms with E-state index in [1.165, 1.54) is 28.8 Å². The van der Waals surface area contributed by atoms with Crippen LogP contribution < -0.4 is 4.74 Å². The van der Waals surface area contributed by atoms with E-state index in [4.69, 9.17) is 9.84 Å². The van der Waals surface area contributed by atoms with E-state index in [1.807, 2.05) is 0 Å². The van der Waals surface area contributed by atoms with Gasteiger partial charge >= 0.3 is 5.97 Å². The molecule has 1 fully saturated rings. The molecule has 0 aliphatic carbocycles. The zero-order chi connectivity index (χ0) is 15.4. The third-order valence-corrected chi connectivity index (χ3v) is 4.42. The van der Waals surface area contributed by atoms with Crippen molar-refractivity contribution in [2.75, 3.05) is 12.4 Å². The van der Waals surface area contributed by atoms with Crippen molar-refractivity contribution in [3.8, 4) is 5.75 Å². The quantitative estimate of drug-likeness (QED) is 0.900. The van der Waals surface area contributed by atoms with Crippen molar-refractivity contribution in [2.24, 2.45) is 0 Å². The molecule has 0 bridgehead atoms. The fourth-order valence-corrected chi connectivity index (χ4v) is 3.34. The molecule has 2 rings (SSSR count). The molecule has 0 saturated carbocycles. The highest BCUT2D eigenvalue weighted by Gasteiger charge is 2.39. The Morgan fingerprint density at radius 3 is 2.86 bits per heavy atom. The molecule has 1 heterocycles. The van der Waals surface area contributed by atoms with Crippen LogP contribution in [0.5, 0.6) is 5.75 Å². The summed E-state index contributed by atoms with van der Waals surface area (Å²) in [5, 5.41) is 8.93. The number of ether oxygens (including phenoxy) is 1. The minimum absolute atomic E-state index is 0.0139. The number of thioether (sulfide) groups is 1. The van der Waals surface area contributed by atoms with Gasteiger partial charge in [-0.15, -0.1) is 11.8 Å². The monoisotopic (exact) mass is 313 g/mol. The predicted octanol–water partition coefficient (Wildman–Crippen LogP) is 1.97. The average molecular weight is 313 g/mol. The van der Waals surface area contributed by atoms with Crippen molar-refractivity contribution in [3.05, 3.63) is 30.1 Å². The first kappa shape index (κ1) is 15.6. The van der Waals surface area contributed by atoms with Crippen LogP contribution in [0.4, 0.5) is 4.39 Å². The van der Waals surface area contributed by atoms with E-state index in [0.29, 0.717) is 5.75 Å². The highest BCUT2D eigenvalue weighted by Crippen LogP contribution is 2.29. The van der Waals surface area contributed by atoms with Crippen LogP contribution in [-0.2, 0) is 9.59 Å². The summed E-state index contributed by atoms with van der Waals surface area (Å²) in [6.45, 7) is 1.81. The average Bonchev–Trinajstić information content (AvgIpc) is 2.83. The van der Waals surface area contributed by atoms with Crippen molar-refractivity contribution >= 4 is 23.6 Å². The Hall–Kier alpha value is -1.76. The summed E-state index contributed by atoms with van der Waals surface area (Å²) in [5.74, 6) is -1.31. The molecule has 1 aliphatic rings. The summed E-state index contributed by atoms with van der Waals surface area (Å²) in [6, 6.07) is 5.14. The molecule has 2 atom stereocenters. The second-order valence-electron chi connectivity index (χ2n) is 4.62. The molecule has 1 aliphatic heterocycles. The van der Waals surface area contributed by atoms with Gasteiger partial charge in [0.1, 0.15) is 6.04 Å². The molecule has 1 aromatic rings. The van der Waals surface area contributed by atoms with E-state index in [2.05, 4.69) is 0 Å². The number of nitrogens with zero attached hydrogens (tertiary/aromatic N) is 1. The number of hydrogen-bond acceptors (Lipinski definition) is 4. The van der Waals surface area contributed by atoms with E-state index < -0.39 is 17.8 Å². The van der Waals surface area contributed by atoms with Crippen LogP contribution in [0.15, 0.2) is 24.3 Å². The molecule has 7 heteroatoms. The van der Waals surface area contributed by atoms with E-state index in [-0.39, 0.29) is 30.1 Å². The molecule has 1 aromatic carbocycles. The Morgan fingerprint density at radius 1 is 1.48 bits per heavy atom. The number of carbonyl (C=O) groups is 2. The number of amides is 1. The van der Waals surface area contributed by atoms with Gasteiger partial charge in [0.15, 0.2) is 11.6 Å². The van der Waals surface area contributed by atoms with Gasteiger partial charge in [-0.05, 0) is 19.1 Å². The van der Waals surface area contributed by atoms with Crippen molar-refractivity contribution in [3.63, 3.8) is 0 Å². The van der Waals surface area contributed by atoms with E-state index in [9.17, 15) is 14.0 Å². The topological polar surface area (TPSA) is 66.8 Å². The van der Waals surface area contributed by atoms with Crippen LogP contribution in [-0.4, -0.2) is 45.7 Å². The largest absolute Gasteiger partial charge is 0.490 e. The maximum absolute atomic E-state index is 13.3. The Bertz CT molecular complexity index is 539. The number of halogens is 1. The van der Waals surface area contributed by atoms with Gasteiger partial charge < -0.3 is 14.7 Å². The zero-order valence-electron chi connectivity index (χ0n) is 11.5. The Kier molecular flexibility index (Phi) is 5.06. The number of rotatable bonds is 5. The summed E-state index contributed by atoms with van der Waals surface area (Å²) in [5.41, 5.74) is 0. The lowest BCUT2D eigenvalue weighted by atomic mass is 10.2. The number of aliphatic carboxylic acids is 1. The molecule has 21 heavy (non-hydrogen) atoms. The first-order chi connectivity index (χ1) is 10.0. The minimum atomic E-state index is -1.00. The van der Waals surface area contributed by atoms with E-state index in [1.54, 1.807) is 19.1 Å². The Labute approximate surface area is 126 Å². The molecule has 0 spiro atoms. The van der Waals surface area contributed by atoms with Gasteiger partial charge in [-0.1, -0.05) is 12.1 Å². The van der Waals surface area contributed by atoms with Crippen LogP contribution in [0.2, 0.25) is 0 Å². The lowest BCUT2D eigenvalue weighted by Crippen LogP contribution is -2.45. The summed E-state index contributed by atoms with van der Waals surface area (Å²) in [7, 11) is 0. The van der Waals surface area contributed by atoms with Gasteiger partial charge in [0.05, 0.1) is 18.4 Å². The molecule has 5 nitrogen and oxygen atoms in total. The SMILES string of the molecule is CC1SCC(C(=O)O)N1C(=O)CCOc1ccccc1F. The molecule has 1 saturated heterocycles. The second-order valence-corrected chi connectivity index (χ2v) is 5.97. The van der Waals surface area contributed by atoms with Crippen LogP contribution >= 0.6 is 11.8 Å². The maximum atomic E-state index is 13.3. The molecule has 114 valence electrons. The first-order valence-corrected chi connectivity index (χ1v) is 7.58. The number of carboxylic acid groups (broad SMARTS) is 1. The summed E-state index contributed by atoms with van der Waals surface area (Å²) >= 11 is 1.43. The van der Waals surface area contributed by atoms with Crippen molar-refractivity contribution in [1.82, 2.24) is 4.90 Å². The summed E-state index contributed by atoms with van der Waals surface area (Å²) < 4.78 is 18.6. The van der Waals surface area contributed by atoms with Crippen molar-refractivity contribution < 1.29 is 23.8 Å². The van der Waals surface area contributed by atoms with E-state index in [0.717, 1.165) is 0 Å². The number of para-hydroxylation sites is 1. The normalized spacial score (nSPS) is 21.3. The Balaban J connectivity index is 1.89. The molecule has 1 N–H and O–H groups in total. The summed E-state index contributed by atoms with van der Waals surface area (Å²) in [4.78, 5) is 24.6. The first-order valence-electron chi connectivity index (χ1n) is 6.53. The zero-order valence-corrected chi connectivity index (χ0v) is 12.3. The maximum Gasteiger partial charge on any atom is 0.327 e. The molecular weight excluding hydrogens is 297 g/mol. The second kappa shape index (κ2) is 6.80. The van der Waals surface area contributed by atoms with Crippen molar-refractivity contribution in [1.29, 1.82) is 0 Å². The minimum Gasteiger partial charge on any atom is -0.490 e. The molecule has 1 amide bonds. The molecule has 0 radical (unpaired) electrons. The van der Waals surface area contributed by atoms with Crippen LogP contribution in [0.1, 0.15) is 13.3 Å². The number of carbonyl (C=O) groups excluding carboxylic acids is 1. The van der Waals surface area contributed by atoms with Gasteiger partial charge in [-0.25, -0.2) is 9.18 Å². The van der Waals surface area contributed by atoms with Crippen LogP contribution in [0.3, 0.4) is 0 Å². The van der Waals surface area contributed by atoms with Gasteiger partial charge in [0.2, 0.25) is 5.91 Å². The smallest absolute Gasteiger partial charge is 0.327 e. The fourth-order valence-electron chi connectivity index (χ4n) is 2.15. The van der Waals surface area contributed by atoms with Gasteiger partial charge in [-0.3, -0.25) is 4.79 Å². The van der Waals surface area contributed by atoms with Crippen molar-refractivity contribution in [2.45, 2.75) is 24.8 Å². The fraction of sp³-hybridized carbons (Fsp3) is 0.429. The van der Waals surface area contributed by atoms with E-state index >= 15 is 0 Å². The third-order valence-electron chi connectivity index (χ3n) is 3.21. The van der Waals surface area contributed by atoms with Gasteiger partial charge in [-0.2, -0.15) is 0 Å². The molecule has 2 unspecified atom stereocenters. The highest BCUT2D eigenvalue weighted by atomic mass is 32.2. The molecule has 0 aromatic heterocycles. The third kappa shape index (κ3) is 3.66. The van der Waals surface area contributed by atoms with Crippen LogP contribution in [0.25, 0.3) is 0 Å². The predicted molar refractivity (Wildman–Crippen MR) is 76.7 cm³/mol. The standard InChI is InChI=1S/C14H16FNO4S/c1-9-16(11(8-21-9)14(18)19)13(17)6-7-20-12-5-3-2-4-10(12)15/h2-5,9,11H,6-8H2,1H3,(H,18,19). The van der Waals surface area contributed by atoms with Gasteiger partial charge in [0.25, 0.3) is 0 Å². The number of carboxylic acids is 1. The Morgan fingerprint density at radius 2 is 2.19 bits per heavy atom. The van der Waals surface area contributed by atoms with Crippen LogP contribution in [0, 0.1) is 5.82 Å². The lowest BCUT2D eigenvalue weighted by Gasteiger charge is -2.25. The number of benzene rings is 1. The molecular formula is C14H16FNO4S. The summed E-state index contributed by atoms with van der Waals surface area (Å²) in [6.07, 6.45) is 0.0169. The number of hydrogen-bond donors (Lipinski definition) is 1. The van der Waals surface area contributed by atoms with Gasteiger partial charge in [0, 0.05) is 5.75 Å². The highest BCUT2D eigenvalue weighted by molar-refractivity contribution is 8.00. The lowest BCUT2D eigenvalue weighted by molar-refractivity contribution is -0.149.